The molecule has 0 fully saturated rings. The number of carbonyl (C=O) groups is 1. The minimum absolute atomic E-state index is 0.0901. The number of rotatable bonds is 5. The molecular formula is C11H13N7O2. The Kier molecular flexibility index (Phi) is 3.89. The van der Waals surface area contributed by atoms with Gasteiger partial charge in [-0.1, -0.05) is 0 Å². The average Bonchev–Trinajstić information content (AvgIpc) is 2.47. The molecule has 2 heterocycles. The Balaban J connectivity index is 2.19. The summed E-state index contributed by atoms with van der Waals surface area (Å²) in [4.78, 5) is 18.7. The molecule has 0 radical (unpaired) electrons. The molecule has 0 spiro atoms. The molecule has 0 atom stereocenters. The van der Waals surface area contributed by atoms with Crippen LogP contribution in [0.5, 0.6) is 5.88 Å². The van der Waals surface area contributed by atoms with E-state index in [0.29, 0.717) is 23.2 Å². The molecule has 1 amide bonds. The van der Waals surface area contributed by atoms with Crippen molar-refractivity contribution >= 4 is 23.2 Å². The lowest BCUT2D eigenvalue weighted by atomic mass is 10.4. The maximum absolute atomic E-state index is 10.9. The second kappa shape index (κ2) is 5.78. The van der Waals surface area contributed by atoms with Gasteiger partial charge < -0.3 is 21.1 Å². The summed E-state index contributed by atoms with van der Waals surface area (Å²) in [5.41, 5.74) is 5.84. The van der Waals surface area contributed by atoms with E-state index in [-0.39, 0.29) is 5.69 Å². The molecule has 0 aliphatic carbocycles. The first-order valence-corrected chi connectivity index (χ1v) is 5.62. The Morgan fingerprint density at radius 2 is 2.05 bits per heavy atom. The van der Waals surface area contributed by atoms with Crippen LogP contribution in [0.15, 0.2) is 18.5 Å². The normalized spacial score (nSPS) is 9.90. The Bertz CT molecular complexity index is 615. The van der Waals surface area contributed by atoms with Crippen LogP contribution in [0.2, 0.25) is 0 Å². The first-order chi connectivity index (χ1) is 9.63. The number of ether oxygens (including phenoxy) is 1. The van der Waals surface area contributed by atoms with Gasteiger partial charge in [-0.25, -0.2) is 9.97 Å². The van der Waals surface area contributed by atoms with Crippen LogP contribution in [0.3, 0.4) is 0 Å². The average molecular weight is 275 g/mol. The van der Waals surface area contributed by atoms with Gasteiger partial charge in [0.05, 0.1) is 19.5 Å². The van der Waals surface area contributed by atoms with Crippen molar-refractivity contribution in [2.45, 2.75) is 0 Å². The van der Waals surface area contributed by atoms with Crippen LogP contribution in [-0.4, -0.2) is 40.2 Å². The first kappa shape index (κ1) is 13.5. The summed E-state index contributed by atoms with van der Waals surface area (Å²) in [7, 11) is 3.25. The third kappa shape index (κ3) is 2.88. The topological polar surface area (TPSA) is 128 Å². The van der Waals surface area contributed by atoms with Crippen LogP contribution in [-0.2, 0) is 0 Å². The van der Waals surface area contributed by atoms with Crippen molar-refractivity contribution in [3.8, 4) is 5.88 Å². The third-order valence-corrected chi connectivity index (χ3v) is 2.38. The van der Waals surface area contributed by atoms with Crippen molar-refractivity contribution in [2.75, 3.05) is 24.8 Å². The van der Waals surface area contributed by atoms with Gasteiger partial charge in [-0.2, -0.15) is 0 Å². The van der Waals surface area contributed by atoms with Crippen LogP contribution >= 0.6 is 0 Å². The van der Waals surface area contributed by atoms with E-state index in [1.165, 1.54) is 19.5 Å². The fourth-order valence-corrected chi connectivity index (χ4v) is 1.42. The van der Waals surface area contributed by atoms with E-state index in [1.54, 1.807) is 13.1 Å². The van der Waals surface area contributed by atoms with Crippen LogP contribution in [0, 0.1) is 0 Å². The predicted octanol–water partition coefficient (Wildman–Crippen LogP) is 0.159. The highest BCUT2D eigenvalue weighted by atomic mass is 16.5. The zero-order valence-electron chi connectivity index (χ0n) is 10.9. The van der Waals surface area contributed by atoms with Crippen molar-refractivity contribution in [3.05, 3.63) is 24.2 Å². The van der Waals surface area contributed by atoms with E-state index >= 15 is 0 Å². The smallest absolute Gasteiger partial charge is 0.268 e. The summed E-state index contributed by atoms with van der Waals surface area (Å²) >= 11 is 0. The van der Waals surface area contributed by atoms with Gasteiger partial charge >= 0.3 is 0 Å². The minimum atomic E-state index is -0.634. The van der Waals surface area contributed by atoms with Crippen molar-refractivity contribution in [3.63, 3.8) is 0 Å². The van der Waals surface area contributed by atoms with E-state index in [4.69, 9.17) is 10.5 Å². The molecule has 2 rings (SSSR count). The van der Waals surface area contributed by atoms with E-state index in [2.05, 4.69) is 30.8 Å². The molecule has 4 N–H and O–H groups in total. The second-order valence-corrected chi connectivity index (χ2v) is 3.68. The number of anilines is 3. The van der Waals surface area contributed by atoms with Gasteiger partial charge in [0.25, 0.3) is 11.8 Å². The summed E-state index contributed by atoms with van der Waals surface area (Å²) in [5, 5.41) is 13.6. The fraction of sp³-hybridized carbons (Fsp3) is 0.182. The Labute approximate surface area is 114 Å². The summed E-state index contributed by atoms with van der Waals surface area (Å²) in [5.74, 6) is 0.617. The largest absolute Gasteiger partial charge is 0.478 e. The van der Waals surface area contributed by atoms with Crippen molar-refractivity contribution in [2.24, 2.45) is 5.73 Å². The zero-order valence-corrected chi connectivity index (χ0v) is 10.9. The molecule has 20 heavy (non-hydrogen) atoms. The molecule has 0 saturated carbocycles. The van der Waals surface area contributed by atoms with Gasteiger partial charge in [-0.15, -0.1) is 10.2 Å². The Morgan fingerprint density at radius 3 is 2.60 bits per heavy atom. The van der Waals surface area contributed by atoms with Crippen LogP contribution in [0.1, 0.15) is 10.5 Å². The lowest BCUT2D eigenvalue weighted by Gasteiger charge is -2.08. The number of nitrogens with zero attached hydrogens (tertiary/aromatic N) is 4. The number of hydrogen-bond donors (Lipinski definition) is 3. The predicted molar refractivity (Wildman–Crippen MR) is 72.0 cm³/mol. The maximum atomic E-state index is 10.9. The molecule has 2 aromatic rings. The molecule has 0 aromatic carbocycles. The number of primary amides is 1. The third-order valence-electron chi connectivity index (χ3n) is 2.38. The SMILES string of the molecule is CNc1cc(Nc2cnc(C(N)=O)cn2)nnc1OC. The Morgan fingerprint density at radius 1 is 1.25 bits per heavy atom. The van der Waals surface area contributed by atoms with Gasteiger partial charge in [-0.3, -0.25) is 4.79 Å². The highest BCUT2D eigenvalue weighted by Crippen LogP contribution is 2.23. The van der Waals surface area contributed by atoms with Crippen molar-refractivity contribution < 1.29 is 9.53 Å². The molecule has 0 unspecified atom stereocenters. The number of aromatic nitrogens is 4. The molecule has 0 bridgehead atoms. The summed E-state index contributed by atoms with van der Waals surface area (Å²) in [6.45, 7) is 0. The Hall–Kier alpha value is -2.97. The van der Waals surface area contributed by atoms with Crippen LogP contribution < -0.4 is 21.1 Å². The van der Waals surface area contributed by atoms with E-state index < -0.39 is 5.91 Å². The quantitative estimate of drug-likeness (QED) is 0.704. The molecule has 9 nitrogen and oxygen atoms in total. The number of hydrogen-bond acceptors (Lipinski definition) is 8. The van der Waals surface area contributed by atoms with Gasteiger partial charge in [0, 0.05) is 13.1 Å². The molecule has 104 valence electrons. The summed E-state index contributed by atoms with van der Waals surface area (Å²) < 4.78 is 5.04. The summed E-state index contributed by atoms with van der Waals surface area (Å²) in [6.07, 6.45) is 2.66. The summed E-state index contributed by atoms with van der Waals surface area (Å²) in [6, 6.07) is 1.70. The number of nitrogens with two attached hydrogens (primary N) is 1. The van der Waals surface area contributed by atoms with E-state index in [1.807, 2.05) is 0 Å². The second-order valence-electron chi connectivity index (χ2n) is 3.68. The van der Waals surface area contributed by atoms with Gasteiger partial charge in [0.2, 0.25) is 0 Å². The van der Waals surface area contributed by atoms with Gasteiger partial charge in [0.15, 0.2) is 5.82 Å². The molecule has 2 aromatic heterocycles. The lowest BCUT2D eigenvalue weighted by Crippen LogP contribution is -2.13. The van der Waals surface area contributed by atoms with Gasteiger partial charge in [-0.05, 0) is 0 Å². The number of carbonyl (C=O) groups excluding carboxylic acids is 1. The monoisotopic (exact) mass is 275 g/mol. The van der Waals surface area contributed by atoms with E-state index in [0.717, 1.165) is 0 Å². The lowest BCUT2D eigenvalue weighted by molar-refractivity contribution is 0.0995. The number of nitrogens with one attached hydrogen (secondary N) is 2. The highest BCUT2D eigenvalue weighted by Gasteiger charge is 2.07. The van der Waals surface area contributed by atoms with Crippen LogP contribution in [0.4, 0.5) is 17.3 Å². The minimum Gasteiger partial charge on any atom is -0.478 e. The first-order valence-electron chi connectivity index (χ1n) is 5.62. The number of amides is 1. The van der Waals surface area contributed by atoms with Crippen molar-refractivity contribution in [1.82, 2.24) is 20.2 Å². The molecule has 9 heteroatoms. The molecular weight excluding hydrogens is 262 g/mol. The standard InChI is InChI=1S/C11H13N7O2/c1-13-6-3-8(17-18-11(6)20-2)16-9-5-14-7(4-15-9)10(12)19/h3-5H,1-2H3,(H2,12,19)(H2,13,15,16,17). The van der Waals surface area contributed by atoms with Crippen LogP contribution in [0.25, 0.3) is 0 Å². The highest BCUT2D eigenvalue weighted by molar-refractivity contribution is 5.90. The van der Waals surface area contributed by atoms with Crippen molar-refractivity contribution in [1.29, 1.82) is 0 Å². The van der Waals surface area contributed by atoms with E-state index in [9.17, 15) is 4.79 Å². The van der Waals surface area contributed by atoms with Gasteiger partial charge in [0.1, 0.15) is 17.2 Å². The molecule has 0 aliphatic rings. The fourth-order valence-electron chi connectivity index (χ4n) is 1.42. The molecule has 0 saturated heterocycles. The number of methoxy groups -OCH3 is 1. The maximum Gasteiger partial charge on any atom is 0.268 e. The zero-order chi connectivity index (χ0) is 14.5. The molecule has 0 aliphatic heterocycles.